The molecule has 0 radical (unpaired) electrons. The first-order valence-corrected chi connectivity index (χ1v) is 10.7. The summed E-state index contributed by atoms with van der Waals surface area (Å²) in [6.07, 6.45) is 1.76. The van der Waals surface area contributed by atoms with Crippen molar-refractivity contribution < 1.29 is 14.2 Å². The summed E-state index contributed by atoms with van der Waals surface area (Å²) in [7, 11) is 1.63. The van der Waals surface area contributed by atoms with Crippen LogP contribution in [0.2, 0.25) is 0 Å². The molecule has 0 aliphatic heterocycles. The normalized spacial score (nSPS) is 11.0. The van der Waals surface area contributed by atoms with Crippen molar-refractivity contribution in [3.05, 3.63) is 78.1 Å². The molecular formula is C25H30N4O3. The molecule has 0 atom stereocenters. The number of guanidine groups is 1. The van der Waals surface area contributed by atoms with Crippen LogP contribution in [0.4, 0.5) is 5.69 Å². The van der Waals surface area contributed by atoms with Gasteiger partial charge in [-0.25, -0.2) is 4.99 Å². The first-order valence-electron chi connectivity index (χ1n) is 10.7. The standard InChI is InChI=1S/C25H30N4O3/c1-4-26-25(29-20-11-14-23(31-5-2)24(16-20)30-3)28-17-19-9-12-22(13-10-19)32-18-21-8-6-7-15-27-21/h6-16H,4-5,17-18H2,1-3H3,(H2,26,28,29). The number of nitrogens with one attached hydrogen (secondary N) is 2. The molecule has 0 spiro atoms. The molecule has 0 aliphatic rings. The monoisotopic (exact) mass is 434 g/mol. The van der Waals surface area contributed by atoms with Gasteiger partial charge in [0.1, 0.15) is 12.4 Å². The van der Waals surface area contributed by atoms with E-state index >= 15 is 0 Å². The number of pyridine rings is 1. The van der Waals surface area contributed by atoms with E-state index in [0.717, 1.165) is 29.2 Å². The fourth-order valence-electron chi connectivity index (χ4n) is 2.97. The van der Waals surface area contributed by atoms with Crippen LogP contribution < -0.4 is 24.8 Å². The zero-order chi connectivity index (χ0) is 22.6. The molecule has 32 heavy (non-hydrogen) atoms. The molecule has 0 fully saturated rings. The Balaban J connectivity index is 1.61. The second kappa shape index (κ2) is 12.2. The van der Waals surface area contributed by atoms with E-state index in [1.165, 1.54) is 0 Å². The van der Waals surface area contributed by atoms with Crippen LogP contribution in [0, 0.1) is 0 Å². The van der Waals surface area contributed by atoms with Crippen molar-refractivity contribution in [2.75, 3.05) is 25.6 Å². The van der Waals surface area contributed by atoms with Crippen LogP contribution in [0.3, 0.4) is 0 Å². The molecule has 0 saturated heterocycles. The Morgan fingerprint density at radius 2 is 1.81 bits per heavy atom. The molecule has 0 aliphatic carbocycles. The number of anilines is 1. The molecule has 0 amide bonds. The van der Waals surface area contributed by atoms with Crippen LogP contribution in [0.15, 0.2) is 71.9 Å². The highest BCUT2D eigenvalue weighted by atomic mass is 16.5. The van der Waals surface area contributed by atoms with E-state index < -0.39 is 0 Å². The third-order valence-electron chi connectivity index (χ3n) is 4.53. The van der Waals surface area contributed by atoms with E-state index in [1.807, 2.05) is 74.5 Å². The van der Waals surface area contributed by atoms with Crippen LogP contribution in [0.5, 0.6) is 17.2 Å². The molecule has 0 unspecified atom stereocenters. The summed E-state index contributed by atoms with van der Waals surface area (Å²) in [6, 6.07) is 19.4. The molecule has 1 aromatic heterocycles. The number of aromatic nitrogens is 1. The van der Waals surface area contributed by atoms with E-state index in [4.69, 9.17) is 14.2 Å². The van der Waals surface area contributed by atoms with Gasteiger partial charge in [-0.15, -0.1) is 0 Å². The zero-order valence-corrected chi connectivity index (χ0v) is 18.8. The summed E-state index contributed by atoms with van der Waals surface area (Å²) < 4.78 is 16.8. The lowest BCUT2D eigenvalue weighted by molar-refractivity contribution is 0.301. The van der Waals surface area contributed by atoms with E-state index in [-0.39, 0.29) is 0 Å². The molecule has 3 aromatic rings. The molecule has 2 aromatic carbocycles. The number of aliphatic imine (C=N–C) groups is 1. The number of benzene rings is 2. The van der Waals surface area contributed by atoms with Gasteiger partial charge in [-0.2, -0.15) is 0 Å². The molecule has 3 rings (SSSR count). The lowest BCUT2D eigenvalue weighted by Crippen LogP contribution is -2.30. The highest BCUT2D eigenvalue weighted by Gasteiger charge is 2.07. The van der Waals surface area contributed by atoms with Gasteiger partial charge in [0, 0.05) is 24.5 Å². The average molecular weight is 435 g/mol. The van der Waals surface area contributed by atoms with Gasteiger partial charge < -0.3 is 24.8 Å². The summed E-state index contributed by atoms with van der Waals surface area (Å²) in [5, 5.41) is 6.58. The molecule has 2 N–H and O–H groups in total. The van der Waals surface area contributed by atoms with Gasteiger partial charge in [-0.05, 0) is 55.8 Å². The molecule has 0 saturated carbocycles. The van der Waals surface area contributed by atoms with Gasteiger partial charge in [0.2, 0.25) is 0 Å². The Bertz CT molecular complexity index is 992. The lowest BCUT2D eigenvalue weighted by atomic mass is 10.2. The Morgan fingerprint density at radius 3 is 2.50 bits per heavy atom. The highest BCUT2D eigenvalue weighted by Crippen LogP contribution is 2.30. The third kappa shape index (κ3) is 6.91. The summed E-state index contributed by atoms with van der Waals surface area (Å²) >= 11 is 0. The summed E-state index contributed by atoms with van der Waals surface area (Å²) in [5.41, 5.74) is 2.84. The predicted molar refractivity (Wildman–Crippen MR) is 128 cm³/mol. The number of hydrogen-bond acceptors (Lipinski definition) is 5. The molecule has 0 bridgehead atoms. The molecule has 1 heterocycles. The second-order valence-electron chi connectivity index (χ2n) is 6.87. The van der Waals surface area contributed by atoms with Crippen LogP contribution in [-0.4, -0.2) is 31.2 Å². The van der Waals surface area contributed by atoms with Crippen LogP contribution >= 0.6 is 0 Å². The van der Waals surface area contributed by atoms with Crippen LogP contribution in [-0.2, 0) is 13.2 Å². The second-order valence-corrected chi connectivity index (χ2v) is 6.87. The topological polar surface area (TPSA) is 77.0 Å². The van der Waals surface area contributed by atoms with Gasteiger partial charge in [0.15, 0.2) is 17.5 Å². The van der Waals surface area contributed by atoms with Gasteiger partial charge in [-0.1, -0.05) is 18.2 Å². The fourth-order valence-corrected chi connectivity index (χ4v) is 2.97. The van der Waals surface area contributed by atoms with Gasteiger partial charge in [0.25, 0.3) is 0 Å². The van der Waals surface area contributed by atoms with E-state index in [1.54, 1.807) is 13.3 Å². The maximum atomic E-state index is 5.79. The quantitative estimate of drug-likeness (QED) is 0.357. The van der Waals surface area contributed by atoms with Crippen molar-refractivity contribution in [1.82, 2.24) is 10.3 Å². The van der Waals surface area contributed by atoms with Gasteiger partial charge >= 0.3 is 0 Å². The van der Waals surface area contributed by atoms with Crippen molar-refractivity contribution in [1.29, 1.82) is 0 Å². The SMILES string of the molecule is CCNC(=NCc1ccc(OCc2ccccn2)cc1)Nc1ccc(OCC)c(OC)c1. The number of hydrogen-bond donors (Lipinski definition) is 2. The smallest absolute Gasteiger partial charge is 0.196 e. The minimum absolute atomic E-state index is 0.443. The molecule has 7 nitrogen and oxygen atoms in total. The first kappa shape index (κ1) is 22.9. The van der Waals surface area contributed by atoms with Crippen molar-refractivity contribution in [3.63, 3.8) is 0 Å². The number of nitrogens with zero attached hydrogens (tertiary/aromatic N) is 2. The van der Waals surface area contributed by atoms with Crippen molar-refractivity contribution in [2.45, 2.75) is 27.0 Å². The van der Waals surface area contributed by atoms with E-state index in [2.05, 4.69) is 20.6 Å². The van der Waals surface area contributed by atoms with E-state index in [9.17, 15) is 0 Å². The largest absolute Gasteiger partial charge is 0.493 e. The molecule has 168 valence electrons. The van der Waals surface area contributed by atoms with Crippen molar-refractivity contribution in [2.24, 2.45) is 4.99 Å². The first-order chi connectivity index (χ1) is 15.7. The van der Waals surface area contributed by atoms with Crippen LogP contribution in [0.1, 0.15) is 25.1 Å². The summed E-state index contributed by atoms with van der Waals surface area (Å²) in [6.45, 7) is 6.29. The number of rotatable bonds is 10. The maximum absolute atomic E-state index is 5.79. The van der Waals surface area contributed by atoms with Crippen molar-refractivity contribution >= 4 is 11.6 Å². The minimum atomic E-state index is 0.443. The third-order valence-corrected chi connectivity index (χ3v) is 4.53. The zero-order valence-electron chi connectivity index (χ0n) is 18.8. The number of methoxy groups -OCH3 is 1. The lowest BCUT2D eigenvalue weighted by Gasteiger charge is -2.14. The Morgan fingerprint density at radius 1 is 0.969 bits per heavy atom. The molecular weight excluding hydrogens is 404 g/mol. The van der Waals surface area contributed by atoms with Gasteiger partial charge in [-0.3, -0.25) is 4.98 Å². The Labute approximate surface area is 189 Å². The van der Waals surface area contributed by atoms with Crippen molar-refractivity contribution in [3.8, 4) is 17.2 Å². The average Bonchev–Trinajstić information content (AvgIpc) is 2.83. The summed E-state index contributed by atoms with van der Waals surface area (Å²) in [4.78, 5) is 8.95. The Kier molecular flexibility index (Phi) is 8.74. The van der Waals surface area contributed by atoms with Gasteiger partial charge in [0.05, 0.1) is 26.0 Å². The van der Waals surface area contributed by atoms with E-state index in [0.29, 0.717) is 37.2 Å². The fraction of sp³-hybridized carbons (Fsp3) is 0.280. The Hall–Kier alpha value is -3.74. The van der Waals surface area contributed by atoms with Crippen LogP contribution in [0.25, 0.3) is 0 Å². The predicted octanol–water partition coefficient (Wildman–Crippen LogP) is 4.65. The number of ether oxygens (including phenoxy) is 3. The molecule has 7 heteroatoms. The minimum Gasteiger partial charge on any atom is -0.493 e. The highest BCUT2D eigenvalue weighted by molar-refractivity contribution is 5.93. The summed E-state index contributed by atoms with van der Waals surface area (Å²) in [5.74, 6) is 2.88. The maximum Gasteiger partial charge on any atom is 0.196 e.